The molecule has 1 fully saturated rings. The monoisotopic (exact) mass is 264 g/mol. The lowest BCUT2D eigenvalue weighted by Gasteiger charge is -2.31. The van der Waals surface area contributed by atoms with Crippen molar-refractivity contribution in [3.8, 4) is 0 Å². The van der Waals surface area contributed by atoms with Crippen molar-refractivity contribution in [2.24, 2.45) is 0 Å². The molecule has 1 saturated heterocycles. The zero-order valence-corrected chi connectivity index (χ0v) is 11.5. The average molecular weight is 264 g/mol. The Morgan fingerprint density at radius 1 is 1.42 bits per heavy atom. The van der Waals surface area contributed by atoms with E-state index in [9.17, 15) is 9.18 Å². The van der Waals surface area contributed by atoms with Gasteiger partial charge in [0.25, 0.3) is 0 Å². The molecule has 2 rings (SSSR count). The first-order chi connectivity index (χ1) is 9.11. The van der Waals surface area contributed by atoms with Crippen molar-refractivity contribution >= 4 is 5.91 Å². The van der Waals surface area contributed by atoms with Gasteiger partial charge in [-0.3, -0.25) is 4.79 Å². The molecule has 4 heteroatoms. The van der Waals surface area contributed by atoms with Gasteiger partial charge in [0, 0.05) is 12.6 Å². The maximum Gasteiger partial charge on any atom is 0.239 e. The van der Waals surface area contributed by atoms with Crippen LogP contribution in [-0.2, 0) is 4.79 Å². The predicted octanol–water partition coefficient (Wildman–Crippen LogP) is 2.49. The molecule has 1 amide bonds. The minimum Gasteiger partial charge on any atom is -0.338 e. The SMILES string of the molecule is CC(c1ccccc1F)N(C)C(=O)[C@@H]1CCCCN1. The first-order valence-corrected chi connectivity index (χ1v) is 6.85. The minimum atomic E-state index is -0.258. The number of piperidine rings is 1. The van der Waals surface area contributed by atoms with Crippen molar-refractivity contribution in [1.29, 1.82) is 0 Å². The molecule has 104 valence electrons. The van der Waals surface area contributed by atoms with E-state index in [4.69, 9.17) is 0 Å². The molecule has 0 bridgehead atoms. The van der Waals surface area contributed by atoms with Crippen LogP contribution in [0, 0.1) is 5.82 Å². The first kappa shape index (κ1) is 14.0. The molecule has 0 saturated carbocycles. The van der Waals surface area contributed by atoms with E-state index in [0.717, 1.165) is 25.8 Å². The van der Waals surface area contributed by atoms with Crippen molar-refractivity contribution < 1.29 is 9.18 Å². The largest absolute Gasteiger partial charge is 0.338 e. The Morgan fingerprint density at radius 2 is 2.16 bits per heavy atom. The standard InChI is InChI=1S/C15H21FN2O/c1-11(12-7-3-4-8-13(12)16)18(2)15(19)14-9-5-6-10-17-14/h3-4,7-8,11,14,17H,5-6,9-10H2,1-2H3/t11?,14-/m0/s1. The van der Waals surface area contributed by atoms with E-state index >= 15 is 0 Å². The highest BCUT2D eigenvalue weighted by atomic mass is 19.1. The Bertz CT molecular complexity index is 444. The third-order valence-electron chi connectivity index (χ3n) is 3.89. The highest BCUT2D eigenvalue weighted by Crippen LogP contribution is 2.23. The average Bonchev–Trinajstić information content (AvgIpc) is 2.46. The molecule has 0 aliphatic carbocycles. The number of rotatable bonds is 3. The number of amides is 1. The summed E-state index contributed by atoms with van der Waals surface area (Å²) in [4.78, 5) is 14.0. The topological polar surface area (TPSA) is 32.3 Å². The lowest BCUT2D eigenvalue weighted by atomic mass is 10.0. The number of likely N-dealkylation sites (N-methyl/N-ethyl adjacent to an activating group) is 1. The van der Waals surface area contributed by atoms with E-state index in [2.05, 4.69) is 5.32 Å². The number of carbonyl (C=O) groups is 1. The van der Waals surface area contributed by atoms with Gasteiger partial charge < -0.3 is 10.2 Å². The van der Waals surface area contributed by atoms with Gasteiger partial charge in [0.1, 0.15) is 5.82 Å². The molecule has 0 aromatic heterocycles. The number of hydrogen-bond donors (Lipinski definition) is 1. The Labute approximate surface area is 113 Å². The number of hydrogen-bond acceptors (Lipinski definition) is 2. The van der Waals surface area contributed by atoms with Crippen molar-refractivity contribution in [1.82, 2.24) is 10.2 Å². The van der Waals surface area contributed by atoms with Gasteiger partial charge in [0.2, 0.25) is 5.91 Å². The van der Waals surface area contributed by atoms with Crippen LogP contribution >= 0.6 is 0 Å². The predicted molar refractivity (Wildman–Crippen MR) is 73.2 cm³/mol. The van der Waals surface area contributed by atoms with Gasteiger partial charge in [-0.15, -0.1) is 0 Å². The van der Waals surface area contributed by atoms with E-state index in [1.54, 1.807) is 30.1 Å². The van der Waals surface area contributed by atoms with Crippen LogP contribution in [0.5, 0.6) is 0 Å². The summed E-state index contributed by atoms with van der Waals surface area (Å²) in [6.07, 6.45) is 3.06. The summed E-state index contributed by atoms with van der Waals surface area (Å²) in [5, 5.41) is 3.24. The molecule has 1 unspecified atom stereocenters. The Morgan fingerprint density at radius 3 is 2.79 bits per heavy atom. The molecule has 2 atom stereocenters. The highest BCUT2D eigenvalue weighted by Gasteiger charge is 2.27. The van der Waals surface area contributed by atoms with Crippen molar-refractivity contribution in [2.75, 3.05) is 13.6 Å². The molecule has 1 aliphatic heterocycles. The number of nitrogens with zero attached hydrogens (tertiary/aromatic N) is 1. The second-order valence-electron chi connectivity index (χ2n) is 5.15. The summed E-state index contributed by atoms with van der Waals surface area (Å²) >= 11 is 0. The van der Waals surface area contributed by atoms with Crippen LogP contribution in [0.25, 0.3) is 0 Å². The number of halogens is 1. The zero-order valence-electron chi connectivity index (χ0n) is 11.5. The lowest BCUT2D eigenvalue weighted by molar-refractivity contribution is -0.134. The number of carbonyl (C=O) groups excluding carboxylic acids is 1. The third-order valence-corrected chi connectivity index (χ3v) is 3.89. The summed E-state index contributed by atoms with van der Waals surface area (Å²) in [5.41, 5.74) is 0.564. The summed E-state index contributed by atoms with van der Waals surface area (Å²) in [6, 6.07) is 6.26. The van der Waals surface area contributed by atoms with Gasteiger partial charge in [0.05, 0.1) is 12.1 Å². The molecule has 1 N–H and O–H groups in total. The molecule has 1 aliphatic rings. The Balaban J connectivity index is 2.08. The molecular weight excluding hydrogens is 243 g/mol. The fraction of sp³-hybridized carbons (Fsp3) is 0.533. The maximum absolute atomic E-state index is 13.8. The number of nitrogens with one attached hydrogen (secondary N) is 1. The van der Waals surface area contributed by atoms with Crippen molar-refractivity contribution in [3.05, 3.63) is 35.6 Å². The summed E-state index contributed by atoms with van der Waals surface area (Å²) < 4.78 is 13.8. The van der Waals surface area contributed by atoms with Crippen LogP contribution in [0.4, 0.5) is 4.39 Å². The van der Waals surface area contributed by atoms with Gasteiger partial charge in [-0.25, -0.2) is 4.39 Å². The van der Waals surface area contributed by atoms with Crippen molar-refractivity contribution in [2.45, 2.75) is 38.3 Å². The van der Waals surface area contributed by atoms with Crippen LogP contribution in [-0.4, -0.2) is 30.4 Å². The van der Waals surface area contributed by atoms with Crippen LogP contribution in [0.2, 0.25) is 0 Å². The molecule has 0 spiro atoms. The van der Waals surface area contributed by atoms with Crippen LogP contribution in [0.1, 0.15) is 37.8 Å². The Kier molecular flexibility index (Phi) is 4.53. The summed E-state index contributed by atoms with van der Waals surface area (Å²) in [7, 11) is 1.75. The van der Waals surface area contributed by atoms with Gasteiger partial charge in [-0.2, -0.15) is 0 Å². The maximum atomic E-state index is 13.8. The number of benzene rings is 1. The second-order valence-corrected chi connectivity index (χ2v) is 5.15. The van der Waals surface area contributed by atoms with Crippen LogP contribution < -0.4 is 5.32 Å². The quantitative estimate of drug-likeness (QED) is 0.909. The normalized spacial score (nSPS) is 20.9. The molecule has 0 radical (unpaired) electrons. The molecule has 1 heterocycles. The van der Waals surface area contributed by atoms with Gasteiger partial charge in [0.15, 0.2) is 0 Å². The minimum absolute atomic E-state index is 0.0513. The molecule has 19 heavy (non-hydrogen) atoms. The van der Waals surface area contributed by atoms with Crippen LogP contribution in [0.15, 0.2) is 24.3 Å². The fourth-order valence-corrected chi connectivity index (χ4v) is 2.52. The first-order valence-electron chi connectivity index (χ1n) is 6.85. The Hall–Kier alpha value is -1.42. The molecule has 1 aromatic rings. The molecule has 3 nitrogen and oxygen atoms in total. The molecule has 1 aromatic carbocycles. The van der Waals surface area contributed by atoms with Gasteiger partial charge >= 0.3 is 0 Å². The fourth-order valence-electron chi connectivity index (χ4n) is 2.52. The summed E-state index contributed by atoms with van der Waals surface area (Å²) in [6.45, 7) is 2.75. The van der Waals surface area contributed by atoms with E-state index in [1.165, 1.54) is 6.07 Å². The third kappa shape index (κ3) is 3.13. The molecular formula is C15H21FN2O. The zero-order chi connectivity index (χ0) is 13.8. The van der Waals surface area contributed by atoms with Crippen LogP contribution in [0.3, 0.4) is 0 Å². The van der Waals surface area contributed by atoms with Gasteiger partial charge in [-0.1, -0.05) is 24.6 Å². The lowest BCUT2D eigenvalue weighted by Crippen LogP contribution is -2.47. The van der Waals surface area contributed by atoms with E-state index in [1.807, 2.05) is 6.92 Å². The second kappa shape index (κ2) is 6.15. The summed E-state index contributed by atoms with van der Waals surface area (Å²) in [5.74, 6) is -0.207. The smallest absolute Gasteiger partial charge is 0.239 e. The van der Waals surface area contributed by atoms with Gasteiger partial charge in [-0.05, 0) is 32.4 Å². The van der Waals surface area contributed by atoms with E-state index in [-0.39, 0.29) is 23.8 Å². The highest BCUT2D eigenvalue weighted by molar-refractivity contribution is 5.82. The van der Waals surface area contributed by atoms with E-state index in [0.29, 0.717) is 5.56 Å². The van der Waals surface area contributed by atoms with Crippen molar-refractivity contribution in [3.63, 3.8) is 0 Å². The van der Waals surface area contributed by atoms with E-state index < -0.39 is 0 Å².